The highest BCUT2D eigenvalue weighted by Gasteiger charge is 2.03. The summed E-state index contributed by atoms with van der Waals surface area (Å²) < 4.78 is 12.1. The van der Waals surface area contributed by atoms with Crippen LogP contribution in [0, 0.1) is 0 Å². The van der Waals surface area contributed by atoms with Gasteiger partial charge in [-0.15, -0.1) is 0 Å². The van der Waals surface area contributed by atoms with Crippen LogP contribution < -0.4 is 5.32 Å². The van der Waals surface area contributed by atoms with Crippen LogP contribution in [0.2, 0.25) is 0 Å². The normalized spacial score (nSPS) is 10.7. The van der Waals surface area contributed by atoms with Gasteiger partial charge in [0.1, 0.15) is 0 Å². The SMILES string of the molecule is CCc1nn(C)cc1NCCOCCOC. The number of aryl methyl sites for hydroxylation is 2. The smallest absolute Gasteiger partial charge is 0.0853 e. The molecule has 0 aromatic carbocycles. The van der Waals surface area contributed by atoms with Crippen LogP contribution in [0.1, 0.15) is 12.6 Å². The first kappa shape index (κ1) is 13.0. The van der Waals surface area contributed by atoms with E-state index in [9.17, 15) is 0 Å². The number of nitrogens with zero attached hydrogens (tertiary/aromatic N) is 2. The summed E-state index contributed by atoms with van der Waals surface area (Å²) >= 11 is 0. The van der Waals surface area contributed by atoms with Crippen molar-refractivity contribution in [1.29, 1.82) is 0 Å². The highest BCUT2D eigenvalue weighted by Crippen LogP contribution is 2.12. The van der Waals surface area contributed by atoms with Gasteiger partial charge in [-0.05, 0) is 6.42 Å². The molecule has 0 saturated carbocycles. The van der Waals surface area contributed by atoms with Crippen molar-refractivity contribution < 1.29 is 9.47 Å². The fraction of sp³-hybridized carbons (Fsp3) is 0.727. The van der Waals surface area contributed by atoms with Crippen LogP contribution >= 0.6 is 0 Å². The van der Waals surface area contributed by atoms with Gasteiger partial charge in [-0.25, -0.2) is 0 Å². The molecular formula is C11H21N3O2. The van der Waals surface area contributed by atoms with Gasteiger partial charge in [0, 0.05) is 26.9 Å². The van der Waals surface area contributed by atoms with E-state index in [0.29, 0.717) is 19.8 Å². The third-order valence-corrected chi connectivity index (χ3v) is 2.23. The van der Waals surface area contributed by atoms with E-state index in [2.05, 4.69) is 17.3 Å². The molecule has 0 fully saturated rings. The highest BCUT2D eigenvalue weighted by molar-refractivity contribution is 5.46. The molecule has 0 bridgehead atoms. The molecule has 1 rings (SSSR count). The quantitative estimate of drug-likeness (QED) is 0.675. The highest BCUT2D eigenvalue weighted by atomic mass is 16.5. The molecule has 0 aliphatic rings. The Hall–Kier alpha value is -1.07. The summed E-state index contributed by atoms with van der Waals surface area (Å²) in [7, 11) is 3.60. The third kappa shape index (κ3) is 4.20. The van der Waals surface area contributed by atoms with Gasteiger partial charge < -0.3 is 14.8 Å². The number of rotatable bonds is 8. The summed E-state index contributed by atoms with van der Waals surface area (Å²) in [6.07, 6.45) is 2.93. The Kier molecular flexibility index (Phi) is 5.88. The largest absolute Gasteiger partial charge is 0.382 e. The maximum atomic E-state index is 5.36. The first-order chi connectivity index (χ1) is 7.77. The lowest BCUT2D eigenvalue weighted by molar-refractivity contribution is 0.0759. The van der Waals surface area contributed by atoms with Crippen molar-refractivity contribution in [2.75, 3.05) is 38.8 Å². The molecule has 0 unspecified atom stereocenters. The Morgan fingerprint density at radius 2 is 2.19 bits per heavy atom. The first-order valence-corrected chi connectivity index (χ1v) is 5.61. The summed E-state index contributed by atoms with van der Waals surface area (Å²) in [5, 5.41) is 7.66. The standard InChI is InChI=1S/C11H21N3O2/c1-4-10-11(9-14(2)13-10)12-5-6-16-8-7-15-3/h9,12H,4-8H2,1-3H3. The molecule has 1 aromatic rings. The Bertz CT molecular complexity index is 299. The summed E-state index contributed by atoms with van der Waals surface area (Å²) in [6.45, 7) is 4.87. The van der Waals surface area contributed by atoms with Crippen molar-refractivity contribution in [3.63, 3.8) is 0 Å². The van der Waals surface area contributed by atoms with Crippen molar-refractivity contribution in [3.05, 3.63) is 11.9 Å². The van der Waals surface area contributed by atoms with E-state index >= 15 is 0 Å². The zero-order chi connectivity index (χ0) is 11.8. The summed E-state index contributed by atoms with van der Waals surface area (Å²) in [5.41, 5.74) is 2.19. The monoisotopic (exact) mass is 227 g/mol. The molecule has 0 spiro atoms. The van der Waals surface area contributed by atoms with Gasteiger partial charge in [-0.3, -0.25) is 4.68 Å². The minimum Gasteiger partial charge on any atom is -0.382 e. The maximum Gasteiger partial charge on any atom is 0.0853 e. The van der Waals surface area contributed by atoms with Crippen LogP contribution in [0.5, 0.6) is 0 Å². The van der Waals surface area contributed by atoms with Gasteiger partial charge in [0.25, 0.3) is 0 Å². The lowest BCUT2D eigenvalue weighted by Crippen LogP contribution is -2.12. The topological polar surface area (TPSA) is 48.3 Å². The number of aromatic nitrogens is 2. The van der Waals surface area contributed by atoms with Crippen LogP contribution in [0.25, 0.3) is 0 Å². The molecule has 0 aliphatic carbocycles. The first-order valence-electron chi connectivity index (χ1n) is 5.61. The maximum absolute atomic E-state index is 5.36. The predicted octanol–water partition coefficient (Wildman–Crippen LogP) is 1.06. The van der Waals surface area contributed by atoms with E-state index in [0.717, 1.165) is 24.3 Å². The number of hydrogen-bond donors (Lipinski definition) is 1. The predicted molar refractivity (Wildman–Crippen MR) is 63.8 cm³/mol. The van der Waals surface area contributed by atoms with E-state index < -0.39 is 0 Å². The molecule has 1 heterocycles. The molecule has 0 saturated heterocycles. The lowest BCUT2D eigenvalue weighted by atomic mass is 10.3. The molecule has 0 radical (unpaired) electrons. The lowest BCUT2D eigenvalue weighted by Gasteiger charge is -2.06. The molecule has 1 aromatic heterocycles. The van der Waals surface area contributed by atoms with Gasteiger partial charge in [0.2, 0.25) is 0 Å². The minimum atomic E-state index is 0.645. The van der Waals surface area contributed by atoms with Gasteiger partial charge >= 0.3 is 0 Å². The third-order valence-electron chi connectivity index (χ3n) is 2.23. The average molecular weight is 227 g/mol. The summed E-state index contributed by atoms with van der Waals surface area (Å²) in [4.78, 5) is 0. The molecule has 5 nitrogen and oxygen atoms in total. The van der Waals surface area contributed by atoms with E-state index in [1.54, 1.807) is 7.11 Å². The minimum absolute atomic E-state index is 0.645. The van der Waals surface area contributed by atoms with Crippen LogP contribution in [-0.2, 0) is 22.9 Å². The fourth-order valence-electron chi connectivity index (χ4n) is 1.45. The van der Waals surface area contributed by atoms with Crippen molar-refractivity contribution in [3.8, 4) is 0 Å². The van der Waals surface area contributed by atoms with Crippen LogP contribution in [0.3, 0.4) is 0 Å². The Labute approximate surface area is 96.7 Å². The second-order valence-corrected chi connectivity index (χ2v) is 3.55. The average Bonchev–Trinajstić information content (AvgIpc) is 2.64. The summed E-state index contributed by atoms with van der Waals surface area (Å²) in [6, 6.07) is 0. The molecular weight excluding hydrogens is 206 g/mol. The second kappa shape index (κ2) is 7.24. The number of hydrogen-bond acceptors (Lipinski definition) is 4. The Morgan fingerprint density at radius 3 is 2.88 bits per heavy atom. The van der Waals surface area contributed by atoms with Crippen molar-refractivity contribution in [2.24, 2.45) is 7.05 Å². The zero-order valence-corrected chi connectivity index (χ0v) is 10.3. The van der Waals surface area contributed by atoms with Crippen LogP contribution in [-0.4, -0.2) is 43.3 Å². The van der Waals surface area contributed by atoms with Gasteiger partial charge in [0.15, 0.2) is 0 Å². The van der Waals surface area contributed by atoms with E-state index in [4.69, 9.17) is 9.47 Å². The van der Waals surface area contributed by atoms with Gasteiger partial charge in [-0.2, -0.15) is 5.10 Å². The van der Waals surface area contributed by atoms with E-state index in [1.807, 2.05) is 17.9 Å². The van der Waals surface area contributed by atoms with Crippen molar-refractivity contribution in [2.45, 2.75) is 13.3 Å². The zero-order valence-electron chi connectivity index (χ0n) is 10.3. The fourth-order valence-corrected chi connectivity index (χ4v) is 1.45. The molecule has 16 heavy (non-hydrogen) atoms. The number of ether oxygens (including phenoxy) is 2. The Balaban J connectivity index is 2.21. The van der Waals surface area contributed by atoms with Gasteiger partial charge in [0.05, 0.1) is 31.2 Å². The van der Waals surface area contributed by atoms with Crippen LogP contribution in [0.15, 0.2) is 6.20 Å². The van der Waals surface area contributed by atoms with Gasteiger partial charge in [-0.1, -0.05) is 6.92 Å². The molecule has 0 atom stereocenters. The van der Waals surface area contributed by atoms with E-state index in [-0.39, 0.29) is 0 Å². The molecule has 5 heteroatoms. The van der Waals surface area contributed by atoms with Crippen molar-refractivity contribution >= 4 is 5.69 Å². The molecule has 0 aliphatic heterocycles. The Morgan fingerprint density at radius 1 is 1.38 bits per heavy atom. The second-order valence-electron chi connectivity index (χ2n) is 3.55. The molecule has 1 N–H and O–H groups in total. The number of methoxy groups -OCH3 is 1. The summed E-state index contributed by atoms with van der Waals surface area (Å²) in [5.74, 6) is 0. The van der Waals surface area contributed by atoms with Crippen LogP contribution in [0.4, 0.5) is 5.69 Å². The molecule has 0 amide bonds. The van der Waals surface area contributed by atoms with Crippen molar-refractivity contribution in [1.82, 2.24) is 9.78 Å². The van der Waals surface area contributed by atoms with E-state index in [1.165, 1.54) is 0 Å². The molecule has 92 valence electrons. The number of anilines is 1. The number of nitrogens with one attached hydrogen (secondary N) is 1.